The van der Waals surface area contributed by atoms with Crippen molar-refractivity contribution in [2.45, 2.75) is 6.54 Å². The second-order valence-corrected chi connectivity index (χ2v) is 6.29. The number of hydrogen-bond donors (Lipinski definition) is 1. The number of carbonyl (C=O) groups is 1. The minimum atomic E-state index is -0.365. The van der Waals surface area contributed by atoms with E-state index >= 15 is 0 Å². The molecule has 0 radical (unpaired) electrons. The van der Waals surface area contributed by atoms with Crippen molar-refractivity contribution < 1.29 is 18.7 Å². The maximum atomic E-state index is 12.9. The van der Waals surface area contributed by atoms with Crippen LogP contribution in [0.4, 0.5) is 10.1 Å². The highest BCUT2D eigenvalue weighted by Crippen LogP contribution is 2.15. The van der Waals surface area contributed by atoms with Crippen LogP contribution in [0.1, 0.15) is 14.8 Å². The summed E-state index contributed by atoms with van der Waals surface area (Å²) in [7, 11) is 3.30. The highest BCUT2D eigenvalue weighted by atomic mass is 32.1. The van der Waals surface area contributed by atoms with Crippen LogP contribution in [0.3, 0.4) is 0 Å². The van der Waals surface area contributed by atoms with Crippen molar-refractivity contribution in [1.82, 2.24) is 15.1 Å². The van der Waals surface area contributed by atoms with Crippen molar-refractivity contribution in [2.24, 2.45) is 0 Å². The Morgan fingerprint density at radius 2 is 1.80 bits per heavy atom. The molecule has 0 saturated carbocycles. The fraction of sp³-hybridized carbons (Fsp3) is 0.438. The number of amides is 1. The number of rotatable bonds is 10. The van der Waals surface area contributed by atoms with Crippen molar-refractivity contribution >= 4 is 22.9 Å². The number of hydrogen-bond acceptors (Lipinski definition) is 7. The third kappa shape index (κ3) is 6.46. The van der Waals surface area contributed by atoms with Gasteiger partial charge in [0, 0.05) is 33.0 Å². The highest BCUT2D eigenvalue weighted by molar-refractivity contribution is 7.13. The molecule has 1 heterocycles. The van der Waals surface area contributed by atoms with Gasteiger partial charge in [0.15, 0.2) is 0 Å². The standard InChI is InChI=1S/C16H21FN4O3S/c1-23-9-7-21(8-10-24-2)11-14-19-20-16(25-14)15(22)18-13-5-3-12(17)4-6-13/h3-6H,7-11H2,1-2H3,(H,18,22). The van der Waals surface area contributed by atoms with Crippen LogP contribution in [0.2, 0.25) is 0 Å². The van der Waals surface area contributed by atoms with Crippen LogP contribution < -0.4 is 5.32 Å². The molecule has 7 nitrogen and oxygen atoms in total. The molecule has 2 rings (SSSR count). The molecule has 1 aromatic heterocycles. The Labute approximate surface area is 149 Å². The summed E-state index contributed by atoms with van der Waals surface area (Å²) in [5, 5.41) is 11.7. The van der Waals surface area contributed by atoms with Crippen LogP contribution in [0.15, 0.2) is 24.3 Å². The van der Waals surface area contributed by atoms with E-state index in [4.69, 9.17) is 9.47 Å². The Hall–Kier alpha value is -1.94. The number of carbonyl (C=O) groups excluding carboxylic acids is 1. The maximum absolute atomic E-state index is 12.9. The van der Waals surface area contributed by atoms with Gasteiger partial charge >= 0.3 is 0 Å². The van der Waals surface area contributed by atoms with Gasteiger partial charge in [0.1, 0.15) is 10.8 Å². The number of halogens is 1. The van der Waals surface area contributed by atoms with Gasteiger partial charge < -0.3 is 14.8 Å². The summed E-state index contributed by atoms with van der Waals surface area (Å²) in [5.74, 6) is -0.723. The summed E-state index contributed by atoms with van der Waals surface area (Å²) in [6, 6.07) is 5.55. The molecular formula is C16H21FN4O3S. The molecule has 0 aliphatic rings. The molecule has 0 aliphatic heterocycles. The van der Waals surface area contributed by atoms with Gasteiger partial charge in [-0.2, -0.15) is 0 Å². The fourth-order valence-corrected chi connectivity index (χ4v) is 2.81. The lowest BCUT2D eigenvalue weighted by molar-refractivity contribution is 0.102. The third-order valence-corrected chi connectivity index (χ3v) is 4.25. The molecule has 0 bridgehead atoms. The molecule has 0 atom stereocenters. The molecule has 2 aromatic rings. The molecule has 0 saturated heterocycles. The van der Waals surface area contributed by atoms with Gasteiger partial charge in [0.25, 0.3) is 5.91 Å². The first-order valence-electron chi connectivity index (χ1n) is 7.72. The first kappa shape index (κ1) is 19.4. The average molecular weight is 368 g/mol. The Kier molecular flexibility index (Phi) is 7.86. The van der Waals surface area contributed by atoms with Crippen molar-refractivity contribution in [2.75, 3.05) is 45.8 Å². The summed E-state index contributed by atoms with van der Waals surface area (Å²) < 4.78 is 23.1. The zero-order valence-electron chi connectivity index (χ0n) is 14.2. The van der Waals surface area contributed by atoms with E-state index in [9.17, 15) is 9.18 Å². The zero-order chi connectivity index (χ0) is 18.1. The molecule has 0 unspecified atom stereocenters. The molecular weight excluding hydrogens is 347 g/mol. The van der Waals surface area contributed by atoms with E-state index in [1.807, 2.05) is 0 Å². The van der Waals surface area contributed by atoms with Crippen LogP contribution in [0.5, 0.6) is 0 Å². The zero-order valence-corrected chi connectivity index (χ0v) is 15.0. The fourth-order valence-electron chi connectivity index (χ4n) is 2.03. The number of anilines is 1. The Bertz CT molecular complexity index is 658. The number of nitrogens with one attached hydrogen (secondary N) is 1. The van der Waals surface area contributed by atoms with Gasteiger partial charge in [-0.05, 0) is 24.3 Å². The molecule has 1 amide bonds. The number of ether oxygens (including phenoxy) is 2. The number of methoxy groups -OCH3 is 2. The first-order valence-corrected chi connectivity index (χ1v) is 8.53. The topological polar surface area (TPSA) is 76.6 Å². The predicted octanol–water partition coefficient (Wildman–Crippen LogP) is 2.02. The van der Waals surface area contributed by atoms with Crippen molar-refractivity contribution in [3.05, 3.63) is 40.1 Å². The molecule has 9 heteroatoms. The van der Waals surface area contributed by atoms with Gasteiger partial charge in [-0.15, -0.1) is 10.2 Å². The molecule has 0 spiro atoms. The largest absolute Gasteiger partial charge is 0.383 e. The molecule has 0 aliphatic carbocycles. The summed E-state index contributed by atoms with van der Waals surface area (Å²) in [4.78, 5) is 14.3. The average Bonchev–Trinajstić information content (AvgIpc) is 3.08. The monoisotopic (exact) mass is 368 g/mol. The third-order valence-electron chi connectivity index (χ3n) is 3.35. The molecule has 0 fully saturated rings. The molecule has 1 N–H and O–H groups in total. The van der Waals surface area contributed by atoms with E-state index in [0.717, 1.165) is 18.1 Å². The molecule has 136 valence electrons. The Morgan fingerprint density at radius 3 is 2.40 bits per heavy atom. The van der Waals surface area contributed by atoms with E-state index in [1.165, 1.54) is 35.6 Å². The van der Waals surface area contributed by atoms with Crippen molar-refractivity contribution in [1.29, 1.82) is 0 Å². The quantitative estimate of drug-likeness (QED) is 0.691. The minimum absolute atomic E-state index is 0.262. The van der Waals surface area contributed by atoms with Crippen molar-refractivity contribution in [3.63, 3.8) is 0 Å². The number of nitrogens with zero attached hydrogens (tertiary/aromatic N) is 3. The van der Waals surface area contributed by atoms with E-state index < -0.39 is 0 Å². The van der Waals surface area contributed by atoms with Crippen molar-refractivity contribution in [3.8, 4) is 0 Å². The van der Waals surface area contributed by atoms with Gasteiger partial charge in [0.05, 0.1) is 19.8 Å². The summed E-state index contributed by atoms with van der Waals surface area (Å²) in [5.41, 5.74) is 0.505. The molecule has 25 heavy (non-hydrogen) atoms. The smallest absolute Gasteiger partial charge is 0.286 e. The van der Waals surface area contributed by atoms with Crippen LogP contribution in [-0.4, -0.2) is 61.5 Å². The predicted molar refractivity (Wildman–Crippen MR) is 93.3 cm³/mol. The summed E-state index contributed by atoms with van der Waals surface area (Å²) in [6.45, 7) is 3.22. The Balaban J connectivity index is 1.94. The minimum Gasteiger partial charge on any atom is -0.383 e. The number of benzene rings is 1. The molecule has 1 aromatic carbocycles. The van der Waals surface area contributed by atoms with Gasteiger partial charge in [-0.3, -0.25) is 9.69 Å². The van der Waals surface area contributed by atoms with E-state index in [1.54, 1.807) is 14.2 Å². The lowest BCUT2D eigenvalue weighted by atomic mass is 10.3. The van der Waals surface area contributed by atoms with Crippen LogP contribution >= 0.6 is 11.3 Å². The normalized spacial score (nSPS) is 11.0. The van der Waals surface area contributed by atoms with Crippen LogP contribution in [-0.2, 0) is 16.0 Å². The Morgan fingerprint density at radius 1 is 1.16 bits per heavy atom. The van der Waals surface area contributed by atoms with E-state index in [0.29, 0.717) is 25.4 Å². The highest BCUT2D eigenvalue weighted by Gasteiger charge is 2.15. The van der Waals surface area contributed by atoms with Gasteiger partial charge in [-0.1, -0.05) is 11.3 Å². The van der Waals surface area contributed by atoms with E-state index in [2.05, 4.69) is 20.4 Å². The maximum Gasteiger partial charge on any atom is 0.286 e. The van der Waals surface area contributed by atoms with Gasteiger partial charge in [-0.25, -0.2) is 4.39 Å². The SMILES string of the molecule is COCCN(CCOC)Cc1nnc(C(=O)Nc2ccc(F)cc2)s1. The van der Waals surface area contributed by atoms with E-state index in [-0.39, 0.29) is 16.7 Å². The number of aromatic nitrogens is 2. The second kappa shape index (κ2) is 10.1. The van der Waals surface area contributed by atoms with Crippen LogP contribution in [0, 0.1) is 5.82 Å². The lowest BCUT2D eigenvalue weighted by Crippen LogP contribution is -2.30. The first-order chi connectivity index (χ1) is 12.1. The summed E-state index contributed by atoms with van der Waals surface area (Å²) >= 11 is 1.23. The van der Waals surface area contributed by atoms with Crippen LogP contribution in [0.25, 0.3) is 0 Å². The van der Waals surface area contributed by atoms with Gasteiger partial charge in [0.2, 0.25) is 5.01 Å². The second-order valence-electron chi connectivity index (χ2n) is 5.22. The lowest BCUT2D eigenvalue weighted by Gasteiger charge is -2.19. The summed E-state index contributed by atoms with van der Waals surface area (Å²) in [6.07, 6.45) is 0.